The Hall–Kier alpha value is -3.98. The number of hydrogen-bond donors (Lipinski definition) is 1. The number of likely N-dealkylation sites (tertiary alicyclic amines) is 1. The molecule has 35 heavy (non-hydrogen) atoms. The lowest BCUT2D eigenvalue weighted by Gasteiger charge is -2.30. The van der Waals surface area contributed by atoms with E-state index in [0.29, 0.717) is 28.1 Å². The number of rotatable bonds is 5. The van der Waals surface area contributed by atoms with Gasteiger partial charge >= 0.3 is 5.97 Å². The predicted molar refractivity (Wildman–Crippen MR) is 126 cm³/mol. The van der Waals surface area contributed by atoms with Gasteiger partial charge in [0.1, 0.15) is 11.8 Å². The molecule has 2 aromatic heterocycles. The zero-order valence-electron chi connectivity index (χ0n) is 19.3. The van der Waals surface area contributed by atoms with Gasteiger partial charge in [-0.3, -0.25) is 14.6 Å². The molecule has 0 saturated carbocycles. The molecule has 1 fully saturated rings. The topological polar surface area (TPSA) is 111 Å². The van der Waals surface area contributed by atoms with Gasteiger partial charge in [0.25, 0.3) is 11.5 Å². The molecule has 0 bridgehead atoms. The van der Waals surface area contributed by atoms with Crippen LogP contribution in [0.3, 0.4) is 0 Å². The maximum absolute atomic E-state index is 13.6. The molecule has 2 aliphatic heterocycles. The Morgan fingerprint density at radius 3 is 2.57 bits per heavy atom. The van der Waals surface area contributed by atoms with E-state index in [9.17, 15) is 19.5 Å². The molecule has 0 aliphatic carbocycles. The minimum Gasteiger partial charge on any atom is -0.496 e. The molecule has 0 unspecified atom stereocenters. The number of aliphatic hydroxyl groups is 1. The van der Waals surface area contributed by atoms with Crippen LogP contribution in [0.2, 0.25) is 0 Å². The highest BCUT2D eigenvalue weighted by Crippen LogP contribution is 2.50. The molecule has 3 aromatic rings. The summed E-state index contributed by atoms with van der Waals surface area (Å²) in [6.07, 6.45) is 2.99. The van der Waals surface area contributed by atoms with Gasteiger partial charge in [0.15, 0.2) is 0 Å². The van der Waals surface area contributed by atoms with Crippen molar-refractivity contribution in [3.05, 3.63) is 82.5 Å². The lowest BCUT2D eigenvalue weighted by molar-refractivity contribution is -0.147. The number of ether oxygens (including phenoxy) is 2. The van der Waals surface area contributed by atoms with E-state index in [-0.39, 0.29) is 24.6 Å². The smallest absolute Gasteiger partial charge is 0.329 e. The van der Waals surface area contributed by atoms with Crippen molar-refractivity contribution in [1.29, 1.82) is 0 Å². The van der Waals surface area contributed by atoms with Crippen LogP contribution in [0.25, 0.3) is 11.1 Å². The van der Waals surface area contributed by atoms with E-state index in [0.717, 1.165) is 0 Å². The zero-order valence-corrected chi connectivity index (χ0v) is 19.3. The summed E-state index contributed by atoms with van der Waals surface area (Å²) >= 11 is 0. The van der Waals surface area contributed by atoms with Crippen LogP contribution < -0.4 is 10.3 Å². The molecule has 9 heteroatoms. The zero-order chi connectivity index (χ0) is 24.7. The lowest BCUT2D eigenvalue weighted by Crippen LogP contribution is -2.46. The highest BCUT2D eigenvalue weighted by atomic mass is 16.5. The molecular weight excluding hydrogens is 450 g/mol. The van der Waals surface area contributed by atoms with Crippen molar-refractivity contribution in [1.82, 2.24) is 14.5 Å². The second-order valence-electron chi connectivity index (χ2n) is 8.67. The van der Waals surface area contributed by atoms with Crippen LogP contribution >= 0.6 is 0 Å². The first-order chi connectivity index (χ1) is 17.0. The van der Waals surface area contributed by atoms with Crippen LogP contribution in [0.5, 0.6) is 5.75 Å². The number of methoxy groups -OCH3 is 2. The average molecular weight is 476 g/mol. The third kappa shape index (κ3) is 3.50. The number of nitrogens with zero attached hydrogens (tertiary/aromatic N) is 3. The summed E-state index contributed by atoms with van der Waals surface area (Å²) in [5.74, 6) is -1.37. The highest BCUT2D eigenvalue weighted by Gasteiger charge is 2.58. The van der Waals surface area contributed by atoms with Crippen molar-refractivity contribution in [3.63, 3.8) is 0 Å². The van der Waals surface area contributed by atoms with Gasteiger partial charge in [-0.15, -0.1) is 0 Å². The molecule has 180 valence electrons. The number of pyridine rings is 2. The summed E-state index contributed by atoms with van der Waals surface area (Å²) < 4.78 is 12.1. The summed E-state index contributed by atoms with van der Waals surface area (Å²) in [5.41, 5.74) is 1.84. The van der Waals surface area contributed by atoms with Crippen molar-refractivity contribution in [2.75, 3.05) is 20.8 Å². The molecule has 1 saturated heterocycles. The van der Waals surface area contributed by atoms with Crippen LogP contribution in [0.1, 0.15) is 22.1 Å². The first-order valence-corrected chi connectivity index (χ1v) is 11.3. The molecule has 4 heterocycles. The Bertz CT molecular complexity index is 1340. The van der Waals surface area contributed by atoms with E-state index in [1.54, 1.807) is 42.1 Å². The van der Waals surface area contributed by atoms with E-state index in [1.807, 2.05) is 24.3 Å². The maximum atomic E-state index is 13.6. The fraction of sp³-hybridized carbons (Fsp3) is 0.308. The van der Waals surface area contributed by atoms with Crippen molar-refractivity contribution in [3.8, 4) is 16.9 Å². The van der Waals surface area contributed by atoms with Crippen LogP contribution in [0, 0.1) is 11.8 Å². The molecular formula is C26H25N3O6. The number of amides is 1. The monoisotopic (exact) mass is 475 g/mol. The Morgan fingerprint density at radius 1 is 1.09 bits per heavy atom. The van der Waals surface area contributed by atoms with Gasteiger partial charge in [0, 0.05) is 48.6 Å². The Morgan fingerprint density at radius 2 is 1.89 bits per heavy atom. The van der Waals surface area contributed by atoms with Gasteiger partial charge in [-0.25, -0.2) is 4.79 Å². The first kappa shape index (κ1) is 22.8. The van der Waals surface area contributed by atoms with Crippen LogP contribution in [-0.4, -0.2) is 58.3 Å². The number of carbonyl (C=O) groups is 2. The molecule has 1 amide bonds. The Labute approximate surface area is 201 Å². The molecule has 1 aromatic carbocycles. The first-order valence-electron chi connectivity index (χ1n) is 11.3. The summed E-state index contributed by atoms with van der Waals surface area (Å²) in [6, 6.07) is 12.5. The van der Waals surface area contributed by atoms with E-state index >= 15 is 0 Å². The van der Waals surface area contributed by atoms with E-state index < -0.39 is 29.9 Å². The summed E-state index contributed by atoms with van der Waals surface area (Å²) in [7, 11) is 2.81. The molecule has 9 nitrogen and oxygen atoms in total. The van der Waals surface area contributed by atoms with Gasteiger partial charge in [-0.05, 0) is 30.3 Å². The normalized spacial score (nSPS) is 22.4. The third-order valence-electron chi connectivity index (χ3n) is 7.06. The number of hydrogen-bond acceptors (Lipinski definition) is 7. The fourth-order valence-electron chi connectivity index (χ4n) is 5.51. The molecule has 5 rings (SSSR count). The van der Waals surface area contributed by atoms with Gasteiger partial charge in [0.05, 0.1) is 31.4 Å². The standard InChI is InChI=1S/C26H25N3O6/c1-34-21-8-4-3-7-16(21)17-9-10-20-22-18(13-28(20)25(17)32)19(14-30)23(26(33)35-2)29(22)24(31)15-6-5-11-27-12-15/h3-12,18-19,22-23,30H,13-14H2,1-2H3/t18-,19-,22+,23-/m1/s1. The van der Waals surface area contributed by atoms with Gasteiger partial charge < -0.3 is 24.0 Å². The number of para-hydroxylation sites is 1. The number of carbonyl (C=O) groups excluding carboxylic acids is 2. The number of aliphatic hydroxyl groups excluding tert-OH is 1. The largest absolute Gasteiger partial charge is 0.496 e. The van der Waals surface area contributed by atoms with Crippen molar-refractivity contribution < 1.29 is 24.2 Å². The van der Waals surface area contributed by atoms with Crippen molar-refractivity contribution >= 4 is 11.9 Å². The summed E-state index contributed by atoms with van der Waals surface area (Å²) in [6.45, 7) is -0.0722. The summed E-state index contributed by atoms with van der Waals surface area (Å²) in [5, 5.41) is 10.3. The second kappa shape index (κ2) is 8.99. The Kier molecular flexibility index (Phi) is 5.86. The minimum absolute atomic E-state index is 0.221. The predicted octanol–water partition coefficient (Wildman–Crippen LogP) is 1.90. The number of benzene rings is 1. The fourth-order valence-corrected chi connectivity index (χ4v) is 5.51. The molecule has 4 atom stereocenters. The van der Waals surface area contributed by atoms with Gasteiger partial charge in [0.2, 0.25) is 0 Å². The minimum atomic E-state index is -0.981. The SMILES string of the molecule is COC(=O)[C@H]1[C@H](CO)[C@H]2Cn3c(ccc(-c4ccccc4OC)c3=O)[C@H]2N1C(=O)c1cccnc1. The van der Waals surface area contributed by atoms with Gasteiger partial charge in [-0.1, -0.05) is 18.2 Å². The van der Waals surface area contributed by atoms with Crippen LogP contribution in [-0.2, 0) is 16.1 Å². The summed E-state index contributed by atoms with van der Waals surface area (Å²) in [4.78, 5) is 45.6. The average Bonchev–Trinajstić information content (AvgIpc) is 3.43. The van der Waals surface area contributed by atoms with E-state index in [1.165, 1.54) is 18.2 Å². The highest BCUT2D eigenvalue weighted by molar-refractivity contribution is 5.97. The number of aromatic nitrogens is 2. The molecule has 1 N–H and O–H groups in total. The van der Waals surface area contributed by atoms with E-state index in [4.69, 9.17) is 9.47 Å². The van der Waals surface area contributed by atoms with Crippen LogP contribution in [0.15, 0.2) is 65.7 Å². The number of fused-ring (bicyclic) bond motifs is 3. The van der Waals surface area contributed by atoms with E-state index in [2.05, 4.69) is 4.98 Å². The lowest BCUT2D eigenvalue weighted by atomic mass is 9.88. The quantitative estimate of drug-likeness (QED) is 0.561. The van der Waals surface area contributed by atoms with Crippen molar-refractivity contribution in [2.24, 2.45) is 11.8 Å². The Balaban J connectivity index is 1.65. The molecule has 2 aliphatic rings. The molecule has 0 spiro atoms. The van der Waals surface area contributed by atoms with Crippen LogP contribution in [0.4, 0.5) is 0 Å². The third-order valence-corrected chi connectivity index (χ3v) is 7.06. The van der Waals surface area contributed by atoms with Crippen molar-refractivity contribution in [2.45, 2.75) is 18.6 Å². The maximum Gasteiger partial charge on any atom is 0.329 e. The molecule has 0 radical (unpaired) electrons. The number of esters is 1. The van der Waals surface area contributed by atoms with Gasteiger partial charge in [-0.2, -0.15) is 0 Å². The second-order valence-corrected chi connectivity index (χ2v) is 8.67.